The van der Waals surface area contributed by atoms with E-state index in [-0.39, 0.29) is 11.6 Å². The summed E-state index contributed by atoms with van der Waals surface area (Å²) in [5.41, 5.74) is 2.93. The van der Waals surface area contributed by atoms with Crippen molar-refractivity contribution in [3.8, 4) is 0 Å². The number of H-pyrrole nitrogens is 2. The number of rotatable bonds is 4. The maximum Gasteiger partial charge on any atom is 0.345 e. The number of aliphatic carboxylic acids is 1. The SMILES string of the molecule is O=C(O)C1=C(Nc2ccc3[nH]cnc3c2)OC(=Cc2c[nH]c3ncccc23)C1=O. The largest absolute Gasteiger partial charge is 0.477 e. The lowest BCUT2D eigenvalue weighted by Crippen LogP contribution is -2.12. The Morgan fingerprint density at radius 1 is 1.21 bits per heavy atom. The molecule has 9 heteroatoms. The van der Waals surface area contributed by atoms with Crippen LogP contribution in [-0.4, -0.2) is 36.8 Å². The van der Waals surface area contributed by atoms with Crippen LogP contribution in [0.2, 0.25) is 0 Å². The van der Waals surface area contributed by atoms with Crippen molar-refractivity contribution in [1.29, 1.82) is 0 Å². The lowest BCUT2D eigenvalue weighted by molar-refractivity contribution is -0.134. The van der Waals surface area contributed by atoms with E-state index in [0.717, 1.165) is 10.9 Å². The summed E-state index contributed by atoms with van der Waals surface area (Å²) < 4.78 is 5.60. The van der Waals surface area contributed by atoms with Gasteiger partial charge in [-0.15, -0.1) is 0 Å². The van der Waals surface area contributed by atoms with Crippen molar-refractivity contribution >= 4 is 45.6 Å². The van der Waals surface area contributed by atoms with Gasteiger partial charge in [0.1, 0.15) is 5.65 Å². The van der Waals surface area contributed by atoms with Crippen LogP contribution in [0.3, 0.4) is 0 Å². The van der Waals surface area contributed by atoms with Gasteiger partial charge in [0, 0.05) is 29.0 Å². The number of anilines is 1. The Kier molecular flexibility index (Phi) is 3.66. The summed E-state index contributed by atoms with van der Waals surface area (Å²) in [6.45, 7) is 0. The van der Waals surface area contributed by atoms with Gasteiger partial charge in [0.25, 0.3) is 0 Å². The smallest absolute Gasteiger partial charge is 0.345 e. The number of aromatic nitrogens is 4. The average Bonchev–Trinajstić information content (AvgIpc) is 3.40. The number of carbonyl (C=O) groups excluding carboxylic acids is 1. The van der Waals surface area contributed by atoms with Gasteiger partial charge in [-0.1, -0.05) is 0 Å². The molecule has 4 heterocycles. The van der Waals surface area contributed by atoms with E-state index in [2.05, 4.69) is 25.3 Å². The second kappa shape index (κ2) is 6.34. The number of nitrogens with one attached hydrogen (secondary N) is 3. The minimum atomic E-state index is -1.37. The van der Waals surface area contributed by atoms with Crippen LogP contribution in [0.25, 0.3) is 28.1 Å². The molecule has 5 rings (SSSR count). The predicted octanol–water partition coefficient (Wildman–Crippen LogP) is 2.79. The number of hydrogen-bond donors (Lipinski definition) is 4. The number of hydrogen-bond acceptors (Lipinski definition) is 6. The number of carboxylic acids is 1. The number of allylic oxidation sites excluding steroid dienone is 1. The highest BCUT2D eigenvalue weighted by Crippen LogP contribution is 2.30. The molecule has 0 fully saturated rings. The first kappa shape index (κ1) is 16.8. The van der Waals surface area contributed by atoms with Gasteiger partial charge in [-0.2, -0.15) is 0 Å². The highest BCUT2D eigenvalue weighted by molar-refractivity contribution is 6.26. The highest BCUT2D eigenvalue weighted by atomic mass is 16.5. The summed E-state index contributed by atoms with van der Waals surface area (Å²) in [4.78, 5) is 38.7. The van der Waals surface area contributed by atoms with Gasteiger partial charge < -0.3 is 25.1 Å². The second-order valence-electron chi connectivity index (χ2n) is 6.35. The highest BCUT2D eigenvalue weighted by Gasteiger charge is 2.36. The fraction of sp³-hybridized carbons (Fsp3) is 0. The first-order valence-corrected chi connectivity index (χ1v) is 8.64. The predicted molar refractivity (Wildman–Crippen MR) is 105 cm³/mol. The molecule has 1 aliphatic rings. The number of imidazole rings is 1. The Hall–Kier alpha value is -4.40. The molecule has 0 saturated carbocycles. The third-order valence-electron chi connectivity index (χ3n) is 4.55. The molecule has 0 spiro atoms. The first-order valence-electron chi connectivity index (χ1n) is 8.64. The average molecular weight is 387 g/mol. The third-order valence-corrected chi connectivity index (χ3v) is 4.55. The van der Waals surface area contributed by atoms with Gasteiger partial charge in [0.2, 0.25) is 11.7 Å². The number of fused-ring (bicyclic) bond motifs is 2. The van der Waals surface area contributed by atoms with E-state index in [0.29, 0.717) is 22.4 Å². The number of benzene rings is 1. The Morgan fingerprint density at radius 3 is 2.97 bits per heavy atom. The summed E-state index contributed by atoms with van der Waals surface area (Å²) in [6, 6.07) is 8.86. The molecule has 4 N–H and O–H groups in total. The van der Waals surface area contributed by atoms with E-state index in [4.69, 9.17) is 4.74 Å². The van der Waals surface area contributed by atoms with E-state index in [1.54, 1.807) is 43.0 Å². The van der Waals surface area contributed by atoms with Crippen LogP contribution in [-0.2, 0) is 14.3 Å². The van der Waals surface area contributed by atoms with Gasteiger partial charge in [-0.3, -0.25) is 4.79 Å². The first-order chi connectivity index (χ1) is 14.1. The molecule has 9 nitrogen and oxygen atoms in total. The lowest BCUT2D eigenvalue weighted by Gasteiger charge is -2.08. The van der Waals surface area contributed by atoms with E-state index < -0.39 is 17.3 Å². The quantitative estimate of drug-likeness (QED) is 0.312. The molecule has 1 aliphatic heterocycles. The van der Waals surface area contributed by atoms with Gasteiger partial charge in [0.05, 0.1) is 17.4 Å². The normalized spacial score (nSPS) is 15.4. The number of Topliss-reactive ketones (excluding diaryl/α,β-unsaturated/α-hetero) is 1. The molecule has 0 radical (unpaired) electrons. The molecule has 4 aromatic rings. The van der Waals surface area contributed by atoms with Crippen LogP contribution in [0.15, 0.2) is 66.3 Å². The Bertz CT molecular complexity index is 1360. The third kappa shape index (κ3) is 2.81. The number of carbonyl (C=O) groups is 2. The van der Waals surface area contributed by atoms with Crippen molar-refractivity contribution in [3.05, 3.63) is 71.8 Å². The number of carboxylic acid groups (broad SMARTS) is 1. The lowest BCUT2D eigenvalue weighted by atomic mass is 10.1. The van der Waals surface area contributed by atoms with E-state index in [9.17, 15) is 14.7 Å². The van der Waals surface area contributed by atoms with Crippen LogP contribution in [0.4, 0.5) is 5.69 Å². The van der Waals surface area contributed by atoms with E-state index in [1.165, 1.54) is 6.08 Å². The summed E-state index contributed by atoms with van der Waals surface area (Å²) in [6.07, 6.45) is 6.38. The number of nitrogens with zero attached hydrogens (tertiary/aromatic N) is 2. The fourth-order valence-electron chi connectivity index (χ4n) is 3.19. The molecule has 0 amide bonds. The van der Waals surface area contributed by atoms with Crippen LogP contribution in [0, 0.1) is 0 Å². The molecule has 0 bridgehead atoms. The molecular formula is C20H13N5O4. The van der Waals surface area contributed by atoms with Gasteiger partial charge >= 0.3 is 5.97 Å². The van der Waals surface area contributed by atoms with Crippen molar-refractivity contribution in [2.75, 3.05) is 5.32 Å². The number of pyridine rings is 1. The maximum atomic E-state index is 12.7. The van der Waals surface area contributed by atoms with Crippen molar-refractivity contribution in [3.63, 3.8) is 0 Å². The Morgan fingerprint density at radius 2 is 2.10 bits per heavy atom. The Balaban J connectivity index is 1.50. The maximum absolute atomic E-state index is 12.7. The topological polar surface area (TPSA) is 133 Å². The van der Waals surface area contributed by atoms with Crippen LogP contribution < -0.4 is 5.32 Å². The van der Waals surface area contributed by atoms with Gasteiger partial charge in [-0.05, 0) is 36.4 Å². The summed E-state index contributed by atoms with van der Waals surface area (Å²) in [7, 11) is 0. The van der Waals surface area contributed by atoms with E-state index >= 15 is 0 Å². The summed E-state index contributed by atoms with van der Waals surface area (Å²) >= 11 is 0. The summed E-state index contributed by atoms with van der Waals surface area (Å²) in [5.74, 6) is -2.31. The summed E-state index contributed by atoms with van der Waals surface area (Å²) in [5, 5.41) is 13.2. The molecule has 0 atom stereocenters. The molecule has 1 aromatic carbocycles. The van der Waals surface area contributed by atoms with Crippen LogP contribution in [0.5, 0.6) is 0 Å². The van der Waals surface area contributed by atoms with Crippen molar-refractivity contribution in [2.24, 2.45) is 0 Å². The number of ether oxygens (including phenoxy) is 1. The van der Waals surface area contributed by atoms with E-state index in [1.807, 2.05) is 6.07 Å². The zero-order chi connectivity index (χ0) is 20.0. The van der Waals surface area contributed by atoms with Crippen molar-refractivity contribution < 1.29 is 19.4 Å². The molecule has 3 aromatic heterocycles. The van der Waals surface area contributed by atoms with Crippen molar-refractivity contribution in [1.82, 2.24) is 19.9 Å². The fourth-order valence-corrected chi connectivity index (χ4v) is 3.19. The molecule has 142 valence electrons. The Labute approximate surface area is 162 Å². The zero-order valence-corrected chi connectivity index (χ0v) is 14.8. The molecule has 29 heavy (non-hydrogen) atoms. The molecular weight excluding hydrogens is 374 g/mol. The number of ketones is 1. The minimum Gasteiger partial charge on any atom is -0.477 e. The zero-order valence-electron chi connectivity index (χ0n) is 14.8. The number of aromatic amines is 2. The molecule has 0 aliphatic carbocycles. The van der Waals surface area contributed by atoms with Gasteiger partial charge in [0.15, 0.2) is 11.3 Å². The van der Waals surface area contributed by atoms with Crippen LogP contribution in [0.1, 0.15) is 5.56 Å². The van der Waals surface area contributed by atoms with Crippen molar-refractivity contribution in [2.45, 2.75) is 0 Å². The minimum absolute atomic E-state index is 0.0875. The molecule has 0 saturated heterocycles. The monoisotopic (exact) mass is 387 g/mol. The second-order valence-corrected chi connectivity index (χ2v) is 6.35. The van der Waals surface area contributed by atoms with Crippen LogP contribution >= 0.6 is 0 Å². The standard InChI is InChI=1S/C20H13N5O4/c26-17-15(6-10-8-22-18-12(10)2-1-5-21-18)29-19(16(17)20(27)28)25-11-3-4-13-14(7-11)24-9-23-13/h1-9,25H,(H,21,22)(H,23,24)(H,27,28). The molecule has 0 unspecified atom stereocenters. The van der Waals surface area contributed by atoms with Gasteiger partial charge in [-0.25, -0.2) is 14.8 Å².